The molecule has 0 saturated carbocycles. The fraction of sp³-hybridized carbons (Fsp3) is 0. The number of aromatic nitrogens is 1. The van der Waals surface area contributed by atoms with E-state index in [0.717, 1.165) is 0 Å². The molecular formula is C10H7FLiNO3. The summed E-state index contributed by atoms with van der Waals surface area (Å²) in [5, 5.41) is 9.53. The number of benzene rings is 1. The Labute approximate surface area is 103 Å². The standard InChI is InChI=1S/C10H6FNO2.Li.H2O/c11-8-3-1-2-6-4-9(10(13)14)12-5-7(6)8;;/h1-5H,(H,13,14);;1H2/q;+1;/p-1. The molecular weight excluding hydrogens is 208 g/mol. The molecule has 4 nitrogen and oxygen atoms in total. The fourth-order valence-electron chi connectivity index (χ4n) is 1.25. The molecule has 0 radical (unpaired) electrons. The first-order chi connectivity index (χ1) is 6.68. The molecule has 0 aliphatic rings. The zero-order valence-corrected chi connectivity index (χ0v) is 8.51. The molecule has 0 unspecified atom stereocenters. The molecule has 0 bridgehead atoms. The second-order valence-corrected chi connectivity index (χ2v) is 2.84. The Morgan fingerprint density at radius 3 is 2.69 bits per heavy atom. The molecule has 0 fully saturated rings. The number of hydrogen-bond donors (Lipinski definition) is 1. The second-order valence-electron chi connectivity index (χ2n) is 2.84. The van der Waals surface area contributed by atoms with Crippen LogP contribution in [0.4, 0.5) is 4.39 Å². The summed E-state index contributed by atoms with van der Waals surface area (Å²) >= 11 is 0. The summed E-state index contributed by atoms with van der Waals surface area (Å²) in [6.45, 7) is 0. The second kappa shape index (κ2) is 5.61. The van der Waals surface area contributed by atoms with E-state index >= 15 is 0 Å². The Hall–Kier alpha value is -1.41. The van der Waals surface area contributed by atoms with E-state index < -0.39 is 11.8 Å². The Morgan fingerprint density at radius 1 is 1.38 bits per heavy atom. The molecule has 1 aromatic heterocycles. The van der Waals surface area contributed by atoms with Gasteiger partial charge >= 0.3 is 24.8 Å². The molecule has 0 atom stereocenters. The number of carbonyl (C=O) groups is 1. The van der Waals surface area contributed by atoms with Gasteiger partial charge in [0, 0.05) is 11.6 Å². The molecule has 6 heteroatoms. The van der Waals surface area contributed by atoms with E-state index in [1.165, 1.54) is 24.4 Å². The normalized spacial score (nSPS) is 9.06. The predicted octanol–water partition coefficient (Wildman–Crippen LogP) is -1.10. The van der Waals surface area contributed by atoms with Crippen molar-refractivity contribution in [2.75, 3.05) is 0 Å². The summed E-state index contributed by atoms with van der Waals surface area (Å²) in [4.78, 5) is 14.2. The molecule has 78 valence electrons. The van der Waals surface area contributed by atoms with E-state index in [4.69, 9.17) is 5.11 Å². The number of hydrogen-bond acceptors (Lipinski definition) is 3. The molecule has 1 heterocycles. The average molecular weight is 215 g/mol. The number of fused-ring (bicyclic) bond motifs is 1. The first-order valence-electron chi connectivity index (χ1n) is 3.96. The molecule has 0 aliphatic heterocycles. The van der Waals surface area contributed by atoms with Gasteiger partial charge in [0.05, 0.1) is 0 Å². The molecule has 0 saturated heterocycles. The summed E-state index contributed by atoms with van der Waals surface area (Å²) in [5.41, 5.74) is -0.0805. The molecule has 0 spiro atoms. The quantitative estimate of drug-likeness (QED) is 0.612. The summed E-state index contributed by atoms with van der Waals surface area (Å²) in [7, 11) is 0. The van der Waals surface area contributed by atoms with Crippen LogP contribution in [0.5, 0.6) is 0 Å². The number of carboxylic acids is 1. The van der Waals surface area contributed by atoms with Crippen molar-refractivity contribution in [3.8, 4) is 0 Å². The molecule has 2 aromatic rings. The van der Waals surface area contributed by atoms with E-state index in [0.29, 0.717) is 10.8 Å². The summed E-state index contributed by atoms with van der Waals surface area (Å²) < 4.78 is 13.1. The third kappa shape index (κ3) is 2.58. The van der Waals surface area contributed by atoms with Crippen molar-refractivity contribution in [3.05, 3.63) is 42.0 Å². The summed E-state index contributed by atoms with van der Waals surface area (Å²) in [5.74, 6) is -1.51. The van der Waals surface area contributed by atoms with Crippen molar-refractivity contribution in [1.29, 1.82) is 0 Å². The van der Waals surface area contributed by atoms with E-state index in [2.05, 4.69) is 4.98 Å². The van der Waals surface area contributed by atoms with Crippen LogP contribution in [0.2, 0.25) is 0 Å². The van der Waals surface area contributed by atoms with Gasteiger partial charge in [0.15, 0.2) is 0 Å². The van der Waals surface area contributed by atoms with Crippen LogP contribution in [0.1, 0.15) is 10.5 Å². The zero-order valence-electron chi connectivity index (χ0n) is 8.51. The number of aromatic carboxylic acids is 1. The molecule has 0 aliphatic carbocycles. The van der Waals surface area contributed by atoms with Crippen molar-refractivity contribution in [3.63, 3.8) is 0 Å². The number of halogens is 1. The van der Waals surface area contributed by atoms with Gasteiger partial charge in [0.2, 0.25) is 0 Å². The third-order valence-electron chi connectivity index (χ3n) is 1.93. The van der Waals surface area contributed by atoms with E-state index in [1.54, 1.807) is 6.07 Å². The SMILES string of the molecule is O=C(O)c1cc2cccc(F)c2cn1.[Li+].[OH-]. The van der Waals surface area contributed by atoms with Gasteiger partial charge in [-0.25, -0.2) is 14.2 Å². The van der Waals surface area contributed by atoms with Crippen molar-refractivity contribution in [1.82, 2.24) is 4.98 Å². The van der Waals surface area contributed by atoms with Crippen molar-refractivity contribution >= 4 is 16.7 Å². The van der Waals surface area contributed by atoms with Gasteiger partial charge in [-0.05, 0) is 17.5 Å². The number of rotatable bonds is 1. The Kier molecular flexibility index (Phi) is 5.12. The van der Waals surface area contributed by atoms with Crippen LogP contribution in [0.25, 0.3) is 10.8 Å². The van der Waals surface area contributed by atoms with Crippen LogP contribution in [0.3, 0.4) is 0 Å². The molecule has 2 rings (SSSR count). The van der Waals surface area contributed by atoms with Crippen LogP contribution >= 0.6 is 0 Å². The number of carboxylic acid groups (broad SMARTS) is 1. The minimum atomic E-state index is -1.11. The monoisotopic (exact) mass is 215 g/mol. The summed E-state index contributed by atoms with van der Waals surface area (Å²) in [6, 6.07) is 5.83. The van der Waals surface area contributed by atoms with Gasteiger partial charge in [-0.15, -0.1) is 0 Å². The van der Waals surface area contributed by atoms with Crippen LogP contribution in [-0.4, -0.2) is 21.5 Å². The van der Waals surface area contributed by atoms with Crippen molar-refractivity contribution in [2.45, 2.75) is 0 Å². The van der Waals surface area contributed by atoms with Gasteiger partial charge in [-0.1, -0.05) is 12.1 Å². The van der Waals surface area contributed by atoms with Gasteiger partial charge in [-0.2, -0.15) is 0 Å². The third-order valence-corrected chi connectivity index (χ3v) is 1.93. The average Bonchev–Trinajstić information content (AvgIpc) is 2.17. The maximum atomic E-state index is 13.1. The van der Waals surface area contributed by atoms with Gasteiger partial charge in [-0.3, -0.25) is 0 Å². The zero-order chi connectivity index (χ0) is 10.1. The smallest absolute Gasteiger partial charge is 0.870 e. The fourth-order valence-corrected chi connectivity index (χ4v) is 1.25. The largest absolute Gasteiger partial charge is 1.00 e. The van der Waals surface area contributed by atoms with Gasteiger partial charge in [0.25, 0.3) is 0 Å². The molecule has 1 aromatic carbocycles. The Bertz CT molecular complexity index is 518. The summed E-state index contributed by atoms with van der Waals surface area (Å²) in [6.07, 6.45) is 1.23. The van der Waals surface area contributed by atoms with Crippen molar-refractivity contribution in [2.24, 2.45) is 0 Å². The molecule has 16 heavy (non-hydrogen) atoms. The maximum Gasteiger partial charge on any atom is 1.00 e. The molecule has 0 amide bonds. The first-order valence-corrected chi connectivity index (χ1v) is 3.96. The van der Waals surface area contributed by atoms with Gasteiger partial charge in [0.1, 0.15) is 11.5 Å². The first kappa shape index (κ1) is 14.6. The number of pyridine rings is 1. The number of nitrogens with zero attached hydrogens (tertiary/aromatic N) is 1. The van der Waals surface area contributed by atoms with Crippen LogP contribution in [0.15, 0.2) is 30.5 Å². The van der Waals surface area contributed by atoms with Crippen LogP contribution < -0.4 is 18.9 Å². The van der Waals surface area contributed by atoms with Crippen molar-refractivity contribution < 1.29 is 38.6 Å². The van der Waals surface area contributed by atoms with Crippen LogP contribution in [0, 0.1) is 5.82 Å². The van der Waals surface area contributed by atoms with E-state index in [1.807, 2.05) is 0 Å². The Morgan fingerprint density at radius 2 is 2.06 bits per heavy atom. The Balaban J connectivity index is 0.00000112. The van der Waals surface area contributed by atoms with Gasteiger partial charge < -0.3 is 10.6 Å². The minimum Gasteiger partial charge on any atom is -0.870 e. The predicted molar refractivity (Wildman–Crippen MR) is 50.6 cm³/mol. The topological polar surface area (TPSA) is 80.2 Å². The minimum absolute atomic E-state index is 0. The van der Waals surface area contributed by atoms with E-state index in [9.17, 15) is 9.18 Å². The van der Waals surface area contributed by atoms with Crippen LogP contribution in [-0.2, 0) is 0 Å². The van der Waals surface area contributed by atoms with E-state index in [-0.39, 0.29) is 30.0 Å². The molecule has 2 N–H and O–H groups in total. The maximum absolute atomic E-state index is 13.1.